The van der Waals surface area contributed by atoms with Gasteiger partial charge in [-0.2, -0.15) is 0 Å². The first kappa shape index (κ1) is 13.9. The fourth-order valence-corrected chi connectivity index (χ4v) is 3.82. The predicted octanol–water partition coefficient (Wildman–Crippen LogP) is 0.902. The van der Waals surface area contributed by atoms with E-state index >= 15 is 0 Å². The van der Waals surface area contributed by atoms with Crippen LogP contribution in [-0.2, 0) is 10.0 Å². The smallest absolute Gasteiger partial charge is 0.217 e. The maximum atomic E-state index is 12.2. The minimum atomic E-state index is -3.10. The van der Waals surface area contributed by atoms with Crippen molar-refractivity contribution < 1.29 is 8.42 Å². The first-order valence-electron chi connectivity index (χ1n) is 6.03. The van der Waals surface area contributed by atoms with Crippen LogP contribution in [0.2, 0.25) is 0 Å². The van der Waals surface area contributed by atoms with Crippen LogP contribution in [0, 0.1) is 11.8 Å². The van der Waals surface area contributed by atoms with Crippen molar-refractivity contribution in [2.75, 3.05) is 26.7 Å². The van der Waals surface area contributed by atoms with Gasteiger partial charge in [-0.15, -0.1) is 0 Å². The Morgan fingerprint density at radius 2 is 2.00 bits per heavy atom. The topological polar surface area (TPSA) is 49.4 Å². The van der Waals surface area contributed by atoms with Gasteiger partial charge in [0.2, 0.25) is 10.0 Å². The summed E-state index contributed by atoms with van der Waals surface area (Å²) in [5, 5.41) is 2.60. The predicted molar refractivity (Wildman–Crippen MR) is 66.8 cm³/mol. The van der Waals surface area contributed by atoms with Gasteiger partial charge >= 0.3 is 0 Å². The molecule has 5 heteroatoms. The first-order chi connectivity index (χ1) is 7.39. The highest BCUT2D eigenvalue weighted by Crippen LogP contribution is 2.26. The molecule has 0 aromatic rings. The second-order valence-electron chi connectivity index (χ2n) is 5.06. The third-order valence-corrected chi connectivity index (χ3v) is 5.73. The Kier molecular flexibility index (Phi) is 4.76. The Morgan fingerprint density at radius 1 is 1.38 bits per heavy atom. The number of hydrogen-bond acceptors (Lipinski definition) is 3. The van der Waals surface area contributed by atoms with Crippen molar-refractivity contribution in [1.82, 2.24) is 9.62 Å². The molecule has 1 rings (SSSR count). The molecule has 0 aliphatic carbocycles. The van der Waals surface area contributed by atoms with Gasteiger partial charge in [0.25, 0.3) is 0 Å². The highest BCUT2D eigenvalue weighted by atomic mass is 32.2. The lowest BCUT2D eigenvalue weighted by Gasteiger charge is -2.22. The molecule has 0 spiro atoms. The van der Waals surface area contributed by atoms with Crippen LogP contribution in [0.4, 0.5) is 0 Å². The Balaban J connectivity index is 2.65. The first-order valence-corrected chi connectivity index (χ1v) is 7.53. The zero-order chi connectivity index (χ0) is 12.3. The fraction of sp³-hybridized carbons (Fsp3) is 1.00. The van der Waals surface area contributed by atoms with Crippen molar-refractivity contribution in [2.45, 2.75) is 32.4 Å². The van der Waals surface area contributed by atoms with Crippen molar-refractivity contribution in [1.29, 1.82) is 0 Å². The van der Waals surface area contributed by atoms with E-state index in [9.17, 15) is 8.42 Å². The fourth-order valence-electron chi connectivity index (χ4n) is 2.18. The molecule has 2 unspecified atom stereocenters. The molecule has 0 saturated carbocycles. The van der Waals surface area contributed by atoms with E-state index in [-0.39, 0.29) is 5.25 Å². The molecular formula is C11H24N2O2S. The minimum absolute atomic E-state index is 0.330. The molecule has 1 N–H and O–H groups in total. The maximum absolute atomic E-state index is 12.2. The number of sulfonamides is 1. The van der Waals surface area contributed by atoms with Gasteiger partial charge < -0.3 is 5.32 Å². The molecule has 0 aromatic carbocycles. The molecule has 4 nitrogen and oxygen atoms in total. The van der Waals surface area contributed by atoms with E-state index in [0.29, 0.717) is 31.5 Å². The molecule has 16 heavy (non-hydrogen) atoms. The lowest BCUT2D eigenvalue weighted by atomic mass is 9.96. The Hall–Kier alpha value is -0.130. The van der Waals surface area contributed by atoms with Gasteiger partial charge in [0.1, 0.15) is 0 Å². The van der Waals surface area contributed by atoms with Crippen molar-refractivity contribution in [3.8, 4) is 0 Å². The van der Waals surface area contributed by atoms with E-state index in [1.54, 1.807) is 18.3 Å². The Morgan fingerprint density at radius 3 is 2.44 bits per heavy atom. The second kappa shape index (κ2) is 5.47. The van der Waals surface area contributed by atoms with Crippen LogP contribution >= 0.6 is 0 Å². The molecule has 1 aliphatic heterocycles. The molecule has 1 heterocycles. The summed E-state index contributed by atoms with van der Waals surface area (Å²) < 4.78 is 26.0. The maximum Gasteiger partial charge on any atom is 0.217 e. The largest absolute Gasteiger partial charge is 0.318 e. The second-order valence-corrected chi connectivity index (χ2v) is 7.42. The monoisotopic (exact) mass is 248 g/mol. The Bertz CT molecular complexity index is 314. The molecule has 0 aromatic heterocycles. The summed E-state index contributed by atoms with van der Waals surface area (Å²) >= 11 is 0. The molecule has 1 aliphatic rings. The van der Waals surface area contributed by atoms with Gasteiger partial charge in [0.05, 0.1) is 5.25 Å². The van der Waals surface area contributed by atoms with Gasteiger partial charge in [-0.1, -0.05) is 13.8 Å². The summed E-state index contributed by atoms with van der Waals surface area (Å²) in [6, 6.07) is 0. The van der Waals surface area contributed by atoms with Crippen LogP contribution in [0.15, 0.2) is 0 Å². The standard InChI is InChI=1S/C11H24N2O2S/c1-9(2)11-5-6-13(8-11)16(14,15)10(3)7-12-4/h9-12H,5-8H2,1-4H3. The number of nitrogens with zero attached hydrogens (tertiary/aromatic N) is 1. The van der Waals surface area contributed by atoms with E-state index in [4.69, 9.17) is 0 Å². The van der Waals surface area contributed by atoms with E-state index in [1.807, 2.05) is 0 Å². The summed E-state index contributed by atoms with van der Waals surface area (Å²) in [7, 11) is -1.31. The highest BCUT2D eigenvalue weighted by Gasteiger charge is 2.35. The summed E-state index contributed by atoms with van der Waals surface area (Å²) in [6.07, 6.45) is 1.00. The van der Waals surface area contributed by atoms with Gasteiger partial charge in [-0.05, 0) is 32.2 Å². The summed E-state index contributed by atoms with van der Waals surface area (Å²) in [5.74, 6) is 1.09. The SMILES string of the molecule is CNCC(C)S(=O)(=O)N1CCC(C(C)C)C1. The molecule has 96 valence electrons. The molecule has 0 radical (unpaired) electrons. The molecule has 0 amide bonds. The molecule has 1 fully saturated rings. The van der Waals surface area contributed by atoms with Gasteiger partial charge in [0, 0.05) is 19.6 Å². The molecular weight excluding hydrogens is 224 g/mol. The number of nitrogens with one attached hydrogen (secondary N) is 1. The van der Waals surface area contributed by atoms with Gasteiger partial charge in [-0.3, -0.25) is 0 Å². The average molecular weight is 248 g/mol. The van der Waals surface area contributed by atoms with Crippen LogP contribution in [0.25, 0.3) is 0 Å². The summed E-state index contributed by atoms with van der Waals surface area (Å²) in [5.41, 5.74) is 0. The lowest BCUT2D eigenvalue weighted by molar-refractivity contribution is 0.386. The van der Waals surface area contributed by atoms with Crippen molar-refractivity contribution >= 4 is 10.0 Å². The van der Waals surface area contributed by atoms with Crippen molar-refractivity contribution in [3.63, 3.8) is 0 Å². The van der Waals surface area contributed by atoms with Crippen molar-refractivity contribution in [3.05, 3.63) is 0 Å². The zero-order valence-electron chi connectivity index (χ0n) is 10.7. The van der Waals surface area contributed by atoms with E-state index < -0.39 is 10.0 Å². The van der Waals surface area contributed by atoms with E-state index in [1.165, 1.54) is 0 Å². The van der Waals surface area contributed by atoms with Crippen LogP contribution in [0.3, 0.4) is 0 Å². The Labute approximate surface area is 99.5 Å². The van der Waals surface area contributed by atoms with E-state index in [2.05, 4.69) is 19.2 Å². The normalized spacial score (nSPS) is 25.2. The quantitative estimate of drug-likeness (QED) is 0.786. The van der Waals surface area contributed by atoms with Gasteiger partial charge in [0.15, 0.2) is 0 Å². The lowest BCUT2D eigenvalue weighted by Crippen LogP contribution is -2.40. The molecule has 2 atom stereocenters. The van der Waals surface area contributed by atoms with Crippen LogP contribution in [0.1, 0.15) is 27.2 Å². The van der Waals surface area contributed by atoms with E-state index in [0.717, 1.165) is 6.42 Å². The summed E-state index contributed by atoms with van der Waals surface area (Å²) in [4.78, 5) is 0. The number of hydrogen-bond donors (Lipinski definition) is 1. The number of rotatable bonds is 5. The highest BCUT2D eigenvalue weighted by molar-refractivity contribution is 7.89. The molecule has 1 saturated heterocycles. The molecule has 0 bridgehead atoms. The van der Waals surface area contributed by atoms with Crippen LogP contribution in [-0.4, -0.2) is 44.7 Å². The summed E-state index contributed by atoms with van der Waals surface area (Å²) in [6.45, 7) is 8.02. The minimum Gasteiger partial charge on any atom is -0.318 e. The van der Waals surface area contributed by atoms with Crippen molar-refractivity contribution in [2.24, 2.45) is 11.8 Å². The van der Waals surface area contributed by atoms with Gasteiger partial charge in [-0.25, -0.2) is 12.7 Å². The van der Waals surface area contributed by atoms with Crippen LogP contribution in [0.5, 0.6) is 0 Å². The zero-order valence-corrected chi connectivity index (χ0v) is 11.5. The third-order valence-electron chi connectivity index (χ3n) is 3.49. The third kappa shape index (κ3) is 2.96. The van der Waals surface area contributed by atoms with Crippen LogP contribution < -0.4 is 5.32 Å². The average Bonchev–Trinajstić information content (AvgIpc) is 2.67.